The van der Waals surface area contributed by atoms with Crippen LogP contribution in [-0.2, 0) is 20.9 Å². The number of ether oxygens (including phenoxy) is 3. The number of hydrogen-bond acceptors (Lipinski definition) is 6. The molecule has 1 aliphatic rings. The molecule has 3 heterocycles. The fourth-order valence-electron chi connectivity index (χ4n) is 5.13. The maximum atomic E-state index is 13.3. The quantitative estimate of drug-likeness (QED) is 0.341. The number of rotatable bonds is 9. The van der Waals surface area contributed by atoms with Crippen molar-refractivity contribution in [2.75, 3.05) is 42.0 Å². The summed E-state index contributed by atoms with van der Waals surface area (Å²) in [6, 6.07) is 11.5. The second-order valence-electron chi connectivity index (χ2n) is 9.29. The molecule has 9 heteroatoms. The third-order valence-electron chi connectivity index (χ3n) is 6.75. The number of fused-ring (bicyclic) bond motifs is 2. The van der Waals surface area contributed by atoms with E-state index in [9.17, 15) is 9.59 Å². The van der Waals surface area contributed by atoms with E-state index in [1.165, 1.54) is 0 Å². The minimum Gasteiger partial charge on any atom is -0.493 e. The number of H-pyrrole nitrogens is 1. The van der Waals surface area contributed by atoms with Crippen molar-refractivity contribution in [2.45, 2.75) is 12.6 Å². The largest absolute Gasteiger partial charge is 0.493 e. The molecule has 37 heavy (non-hydrogen) atoms. The Morgan fingerprint density at radius 2 is 1.68 bits per heavy atom. The van der Waals surface area contributed by atoms with E-state index in [-0.39, 0.29) is 6.10 Å². The Labute approximate surface area is 214 Å². The van der Waals surface area contributed by atoms with Crippen molar-refractivity contribution in [1.82, 2.24) is 19.8 Å². The number of aromatic nitrogens is 2. The zero-order chi connectivity index (χ0) is 26.3. The number of carbonyl (C=O) groups excluding carboxylic acids is 2. The second kappa shape index (κ2) is 9.76. The number of nitrogens with zero attached hydrogens (tertiary/aromatic N) is 2. The van der Waals surface area contributed by atoms with Gasteiger partial charge in [-0.1, -0.05) is 18.2 Å². The van der Waals surface area contributed by atoms with E-state index >= 15 is 0 Å². The Hall–Kier alpha value is -4.08. The number of hydrogen-bond donors (Lipinski definition) is 2. The number of carbonyl (C=O) groups is 2. The van der Waals surface area contributed by atoms with E-state index in [4.69, 9.17) is 14.2 Å². The van der Waals surface area contributed by atoms with Crippen LogP contribution in [0, 0.1) is 0 Å². The van der Waals surface area contributed by atoms with Crippen molar-refractivity contribution >= 4 is 44.8 Å². The van der Waals surface area contributed by atoms with Gasteiger partial charge in [0.1, 0.15) is 0 Å². The second-order valence-corrected chi connectivity index (χ2v) is 9.29. The maximum Gasteiger partial charge on any atom is 0.259 e. The van der Waals surface area contributed by atoms with Gasteiger partial charge in [-0.3, -0.25) is 14.9 Å². The molecule has 0 saturated heterocycles. The molecule has 0 aliphatic carbocycles. The van der Waals surface area contributed by atoms with E-state index in [1.807, 2.05) is 61.3 Å². The highest BCUT2D eigenvalue weighted by Gasteiger charge is 2.36. The van der Waals surface area contributed by atoms with Gasteiger partial charge in [0.15, 0.2) is 11.5 Å². The van der Waals surface area contributed by atoms with E-state index in [2.05, 4.69) is 15.2 Å². The van der Waals surface area contributed by atoms with Gasteiger partial charge in [0.25, 0.3) is 11.8 Å². The average molecular weight is 503 g/mol. The fourth-order valence-corrected chi connectivity index (χ4v) is 5.13. The van der Waals surface area contributed by atoms with E-state index in [0.29, 0.717) is 52.2 Å². The summed E-state index contributed by atoms with van der Waals surface area (Å²) in [7, 11) is 8.81. The molecule has 0 radical (unpaired) electrons. The number of nitrogens with one attached hydrogen (secondary N) is 2. The Morgan fingerprint density at radius 1 is 0.946 bits per heavy atom. The maximum absolute atomic E-state index is 13.3. The number of para-hydroxylation sites is 1. The minimum atomic E-state index is -0.453. The first-order chi connectivity index (χ1) is 17.9. The Balaban J connectivity index is 1.80. The Kier molecular flexibility index (Phi) is 6.49. The van der Waals surface area contributed by atoms with Gasteiger partial charge in [-0.15, -0.1) is 0 Å². The topological polar surface area (TPSA) is 97.8 Å². The number of amides is 2. The lowest BCUT2D eigenvalue weighted by molar-refractivity contribution is -0.122. The van der Waals surface area contributed by atoms with Gasteiger partial charge in [0.05, 0.1) is 48.9 Å². The van der Waals surface area contributed by atoms with Gasteiger partial charge in [-0.05, 0) is 32.3 Å². The molecule has 4 aromatic rings. The molecule has 5 rings (SSSR count). The van der Waals surface area contributed by atoms with Crippen LogP contribution in [0.15, 0.2) is 48.8 Å². The zero-order valence-corrected chi connectivity index (χ0v) is 21.5. The predicted octanol–water partition coefficient (Wildman–Crippen LogP) is 3.28. The number of aromatic amines is 1. The summed E-state index contributed by atoms with van der Waals surface area (Å²) in [5.41, 5.74) is 3.60. The SMILES string of the molecule is COc1ccc2c(c(C3=C(c4c[nH]c5ccccc45)C(=O)NC3=O)cn2CC(CN(C)C)OC)c1OC. The standard InChI is InChI=1S/C28H30N4O5/c1-31(2)13-16(35-3)14-32-15-19(23-21(32)10-11-22(36-4)26(23)37-5)25-24(27(33)30-28(25)34)18-12-29-20-9-7-6-8-17(18)20/h6-12,15-16,29H,13-14H2,1-5H3,(H,30,33,34). The van der Waals surface area contributed by atoms with Gasteiger partial charge in [-0.25, -0.2) is 0 Å². The fraction of sp³-hybridized carbons (Fsp3) is 0.286. The summed E-state index contributed by atoms with van der Waals surface area (Å²) in [6.45, 7) is 1.24. The molecule has 0 fully saturated rings. The highest BCUT2D eigenvalue weighted by molar-refractivity contribution is 6.51. The van der Waals surface area contributed by atoms with Crippen LogP contribution in [0.1, 0.15) is 11.1 Å². The predicted molar refractivity (Wildman–Crippen MR) is 143 cm³/mol. The van der Waals surface area contributed by atoms with Crippen LogP contribution in [0.5, 0.6) is 11.5 Å². The molecule has 1 atom stereocenters. The molecule has 2 amide bonds. The van der Waals surface area contributed by atoms with Crippen LogP contribution in [0.3, 0.4) is 0 Å². The first-order valence-corrected chi connectivity index (χ1v) is 12.0. The molecule has 0 bridgehead atoms. The van der Waals surface area contributed by atoms with Crippen LogP contribution in [-0.4, -0.2) is 74.3 Å². The van der Waals surface area contributed by atoms with Crippen molar-refractivity contribution < 1.29 is 23.8 Å². The van der Waals surface area contributed by atoms with Crippen molar-refractivity contribution in [1.29, 1.82) is 0 Å². The summed E-state index contributed by atoms with van der Waals surface area (Å²) in [4.78, 5) is 31.8. The monoisotopic (exact) mass is 502 g/mol. The summed E-state index contributed by atoms with van der Waals surface area (Å²) in [5, 5.41) is 4.06. The lowest BCUT2D eigenvalue weighted by Crippen LogP contribution is -2.31. The molecule has 2 N–H and O–H groups in total. The molecule has 2 aromatic heterocycles. The van der Waals surface area contributed by atoms with Crippen LogP contribution in [0.25, 0.3) is 33.0 Å². The Morgan fingerprint density at radius 3 is 2.35 bits per heavy atom. The highest BCUT2D eigenvalue weighted by atomic mass is 16.5. The molecule has 1 aliphatic heterocycles. The number of methoxy groups -OCH3 is 3. The lowest BCUT2D eigenvalue weighted by Gasteiger charge is -2.21. The molecule has 2 aromatic carbocycles. The van der Waals surface area contributed by atoms with E-state index in [0.717, 1.165) is 16.4 Å². The number of imide groups is 1. The van der Waals surface area contributed by atoms with Gasteiger partial charge in [0, 0.05) is 48.1 Å². The van der Waals surface area contributed by atoms with Gasteiger partial charge in [0.2, 0.25) is 0 Å². The minimum absolute atomic E-state index is 0.104. The molecule has 9 nitrogen and oxygen atoms in total. The highest BCUT2D eigenvalue weighted by Crippen LogP contribution is 2.44. The third-order valence-corrected chi connectivity index (χ3v) is 6.75. The first kappa shape index (κ1) is 24.6. The molecule has 1 unspecified atom stereocenters. The van der Waals surface area contributed by atoms with E-state index < -0.39 is 11.8 Å². The summed E-state index contributed by atoms with van der Waals surface area (Å²) in [5.74, 6) is 0.137. The van der Waals surface area contributed by atoms with Crippen molar-refractivity contribution in [2.24, 2.45) is 0 Å². The molecular weight excluding hydrogens is 472 g/mol. The van der Waals surface area contributed by atoms with E-state index in [1.54, 1.807) is 27.5 Å². The van der Waals surface area contributed by atoms with Crippen molar-refractivity contribution in [3.05, 3.63) is 59.9 Å². The van der Waals surface area contributed by atoms with Gasteiger partial charge < -0.3 is 28.7 Å². The van der Waals surface area contributed by atoms with Gasteiger partial charge >= 0.3 is 0 Å². The third kappa shape index (κ3) is 4.16. The van der Waals surface area contributed by atoms with Crippen LogP contribution < -0.4 is 14.8 Å². The number of benzene rings is 2. The van der Waals surface area contributed by atoms with Crippen molar-refractivity contribution in [3.8, 4) is 11.5 Å². The summed E-state index contributed by atoms with van der Waals surface area (Å²) < 4.78 is 19.2. The normalized spacial score (nSPS) is 14.8. The number of likely N-dealkylation sites (N-methyl/N-ethyl adjacent to an activating group) is 1. The summed E-state index contributed by atoms with van der Waals surface area (Å²) >= 11 is 0. The molecular formula is C28H30N4O5. The Bertz CT molecular complexity index is 1540. The lowest BCUT2D eigenvalue weighted by atomic mass is 9.95. The molecule has 0 saturated carbocycles. The van der Waals surface area contributed by atoms with Crippen LogP contribution in [0.4, 0.5) is 0 Å². The van der Waals surface area contributed by atoms with Crippen molar-refractivity contribution in [3.63, 3.8) is 0 Å². The molecule has 0 spiro atoms. The van der Waals surface area contributed by atoms with Crippen LogP contribution >= 0.6 is 0 Å². The van der Waals surface area contributed by atoms with Crippen LogP contribution in [0.2, 0.25) is 0 Å². The zero-order valence-electron chi connectivity index (χ0n) is 21.5. The molecule has 192 valence electrons. The smallest absolute Gasteiger partial charge is 0.259 e. The first-order valence-electron chi connectivity index (χ1n) is 12.0. The summed E-state index contributed by atoms with van der Waals surface area (Å²) in [6.07, 6.45) is 3.57. The average Bonchev–Trinajstić information content (AvgIpc) is 3.55. The van der Waals surface area contributed by atoms with Gasteiger partial charge in [-0.2, -0.15) is 0 Å².